The number of hydrogen-bond donors (Lipinski definition) is 5. The summed E-state index contributed by atoms with van der Waals surface area (Å²) in [5, 5.41) is 44.0. The number of unbranched alkanes of at least 4 members (excludes halogenated alkanes) is 41. The third-order valence-electron chi connectivity index (χ3n) is 14.7. The van der Waals surface area contributed by atoms with Crippen molar-refractivity contribution in [1.82, 2.24) is 5.32 Å². The summed E-state index contributed by atoms with van der Waals surface area (Å²) in [5.41, 5.74) is 0. The van der Waals surface area contributed by atoms with E-state index in [1.165, 1.54) is 244 Å². The first kappa shape index (κ1) is 69.3. The van der Waals surface area contributed by atoms with E-state index in [0.717, 1.165) is 51.4 Å². The highest BCUT2D eigenvalue weighted by atomic mass is 16.3. The molecule has 4 atom stereocenters. The fourth-order valence-electron chi connectivity index (χ4n) is 9.79. The SMILES string of the molecule is CCCCCCCCCCCCCC/C=C\CCCCCCCCCC(O)C(=O)NC(CO)C(O)C(O)CCC/C=C/CC/C=C/CC/C=C/CCCCCCCCCCCCCCCCCCCCC. The fraction of sp³-hybridized carbons (Fsp3) is 0.862. The van der Waals surface area contributed by atoms with Gasteiger partial charge >= 0.3 is 0 Å². The van der Waals surface area contributed by atoms with Crippen molar-refractivity contribution in [2.75, 3.05) is 6.61 Å². The van der Waals surface area contributed by atoms with Gasteiger partial charge in [0.25, 0.3) is 0 Å². The van der Waals surface area contributed by atoms with E-state index >= 15 is 0 Å². The molecule has 0 aliphatic carbocycles. The maximum atomic E-state index is 12.6. The first-order valence-electron chi connectivity index (χ1n) is 31.5. The van der Waals surface area contributed by atoms with Crippen LogP contribution in [-0.4, -0.2) is 57.3 Å². The molecular formula is C65H123NO5. The molecule has 6 nitrogen and oxygen atoms in total. The summed E-state index contributed by atoms with van der Waals surface area (Å²) in [6, 6.07) is -1.02. The minimum Gasteiger partial charge on any atom is -0.394 e. The summed E-state index contributed by atoms with van der Waals surface area (Å²) in [6.45, 7) is 4.08. The van der Waals surface area contributed by atoms with E-state index in [9.17, 15) is 25.2 Å². The maximum absolute atomic E-state index is 12.6. The highest BCUT2D eigenvalue weighted by Crippen LogP contribution is 2.18. The van der Waals surface area contributed by atoms with Gasteiger partial charge in [-0.15, -0.1) is 0 Å². The van der Waals surface area contributed by atoms with Crippen LogP contribution in [0, 0.1) is 0 Å². The second-order valence-electron chi connectivity index (χ2n) is 21.7. The van der Waals surface area contributed by atoms with E-state index in [0.29, 0.717) is 19.3 Å². The van der Waals surface area contributed by atoms with E-state index in [1.807, 2.05) is 0 Å². The molecule has 418 valence electrons. The van der Waals surface area contributed by atoms with E-state index in [-0.39, 0.29) is 0 Å². The largest absolute Gasteiger partial charge is 0.394 e. The Morgan fingerprint density at radius 1 is 0.338 bits per heavy atom. The lowest BCUT2D eigenvalue weighted by atomic mass is 10.00. The van der Waals surface area contributed by atoms with Crippen molar-refractivity contribution in [1.29, 1.82) is 0 Å². The summed E-state index contributed by atoms with van der Waals surface area (Å²) in [6.07, 6.45) is 76.4. The molecule has 0 saturated heterocycles. The molecule has 0 aliphatic rings. The van der Waals surface area contributed by atoms with Crippen LogP contribution in [0.1, 0.15) is 328 Å². The number of hydrogen-bond acceptors (Lipinski definition) is 5. The van der Waals surface area contributed by atoms with E-state index in [2.05, 4.69) is 67.8 Å². The number of amides is 1. The van der Waals surface area contributed by atoms with Gasteiger partial charge in [-0.3, -0.25) is 4.79 Å². The number of aliphatic hydroxyl groups is 4. The Hall–Kier alpha value is -1.73. The number of allylic oxidation sites excluding steroid dienone is 8. The van der Waals surface area contributed by atoms with Crippen molar-refractivity contribution >= 4 is 5.91 Å². The van der Waals surface area contributed by atoms with Gasteiger partial charge in [0.2, 0.25) is 5.91 Å². The second kappa shape index (κ2) is 59.2. The molecule has 0 radical (unpaired) electrons. The molecule has 0 fully saturated rings. The van der Waals surface area contributed by atoms with Gasteiger partial charge in [-0.05, 0) is 89.9 Å². The van der Waals surface area contributed by atoms with Crippen molar-refractivity contribution < 1.29 is 25.2 Å². The molecule has 4 unspecified atom stereocenters. The lowest BCUT2D eigenvalue weighted by molar-refractivity contribution is -0.132. The van der Waals surface area contributed by atoms with Crippen LogP contribution < -0.4 is 5.32 Å². The Bertz CT molecular complexity index is 1170. The van der Waals surface area contributed by atoms with Gasteiger partial charge in [-0.1, -0.05) is 287 Å². The molecule has 0 rings (SSSR count). The molecule has 0 spiro atoms. The quantitative estimate of drug-likeness (QED) is 0.0308. The molecule has 71 heavy (non-hydrogen) atoms. The van der Waals surface area contributed by atoms with Crippen molar-refractivity contribution in [3.05, 3.63) is 48.6 Å². The molecule has 5 N–H and O–H groups in total. The van der Waals surface area contributed by atoms with Gasteiger partial charge in [0, 0.05) is 0 Å². The summed E-state index contributed by atoms with van der Waals surface area (Å²) in [5.74, 6) is -0.600. The zero-order valence-corrected chi connectivity index (χ0v) is 47.5. The number of carbonyl (C=O) groups excluding carboxylic acids is 1. The summed E-state index contributed by atoms with van der Waals surface area (Å²) in [4.78, 5) is 12.6. The van der Waals surface area contributed by atoms with Crippen molar-refractivity contribution in [3.8, 4) is 0 Å². The van der Waals surface area contributed by atoms with Crippen LogP contribution in [-0.2, 0) is 4.79 Å². The number of nitrogens with one attached hydrogen (secondary N) is 1. The topological polar surface area (TPSA) is 110 Å². The number of carbonyl (C=O) groups is 1. The number of aliphatic hydroxyl groups excluding tert-OH is 4. The Morgan fingerprint density at radius 3 is 0.887 bits per heavy atom. The molecule has 6 heteroatoms. The van der Waals surface area contributed by atoms with Gasteiger partial charge in [-0.2, -0.15) is 0 Å². The van der Waals surface area contributed by atoms with Crippen molar-refractivity contribution in [2.45, 2.75) is 353 Å². The normalized spacial score (nSPS) is 13.9. The summed E-state index contributed by atoms with van der Waals surface area (Å²) >= 11 is 0. The van der Waals surface area contributed by atoms with Gasteiger partial charge in [-0.25, -0.2) is 0 Å². The highest BCUT2D eigenvalue weighted by molar-refractivity contribution is 5.80. The molecular weight excluding hydrogens is 875 g/mol. The van der Waals surface area contributed by atoms with Gasteiger partial charge in [0.1, 0.15) is 12.2 Å². The molecule has 0 aromatic carbocycles. The standard InChI is InChI=1S/C65H123NO5/c1-3-5-7-9-11-13-15-17-19-21-23-25-27-28-29-30-31-32-33-34-35-37-38-40-42-44-46-48-50-52-54-56-58-62(68)64(70)61(60-67)66-65(71)63(69)59-57-55-53-51-49-47-45-43-41-39-36-26-24-22-20-18-16-14-12-10-8-6-4-2/h35,37,39,41-42,44,50,52,61-64,67-70H,3-34,36,38,40,43,45-49,51,53-60H2,1-2H3,(H,66,71)/b37-35+,41-39-,44-42+,52-50+. The van der Waals surface area contributed by atoms with Gasteiger partial charge in [0.05, 0.1) is 18.8 Å². The molecule has 1 amide bonds. The predicted octanol–water partition coefficient (Wildman–Crippen LogP) is 18.9. The smallest absolute Gasteiger partial charge is 0.249 e. The monoisotopic (exact) mass is 998 g/mol. The van der Waals surface area contributed by atoms with Crippen molar-refractivity contribution in [3.63, 3.8) is 0 Å². The fourth-order valence-corrected chi connectivity index (χ4v) is 9.79. The van der Waals surface area contributed by atoms with Gasteiger partial charge < -0.3 is 25.7 Å². The minimum absolute atomic E-state index is 0.353. The van der Waals surface area contributed by atoms with Crippen molar-refractivity contribution in [2.24, 2.45) is 0 Å². The Kier molecular flexibility index (Phi) is 57.7. The van der Waals surface area contributed by atoms with E-state index in [4.69, 9.17) is 0 Å². The van der Waals surface area contributed by atoms with Crippen LogP contribution in [0.5, 0.6) is 0 Å². The predicted molar refractivity (Wildman–Crippen MR) is 311 cm³/mol. The minimum atomic E-state index is -1.30. The molecule has 0 bridgehead atoms. The lowest BCUT2D eigenvalue weighted by Crippen LogP contribution is -2.53. The second-order valence-corrected chi connectivity index (χ2v) is 21.7. The first-order valence-corrected chi connectivity index (χ1v) is 31.5. The average Bonchev–Trinajstić information content (AvgIpc) is 3.38. The first-order chi connectivity index (χ1) is 35.0. The van der Waals surface area contributed by atoms with E-state index < -0.39 is 36.9 Å². The third kappa shape index (κ3) is 52.9. The van der Waals surface area contributed by atoms with Crippen LogP contribution in [0.2, 0.25) is 0 Å². The zero-order chi connectivity index (χ0) is 51.6. The lowest BCUT2D eigenvalue weighted by Gasteiger charge is -2.27. The van der Waals surface area contributed by atoms with Gasteiger partial charge in [0.15, 0.2) is 0 Å². The zero-order valence-electron chi connectivity index (χ0n) is 47.5. The third-order valence-corrected chi connectivity index (χ3v) is 14.7. The molecule has 0 aromatic rings. The molecule has 0 aromatic heterocycles. The summed E-state index contributed by atoms with van der Waals surface area (Å²) < 4.78 is 0. The Labute approximate surface area is 442 Å². The Balaban J connectivity index is 3.67. The van der Waals surface area contributed by atoms with Crippen LogP contribution in [0.3, 0.4) is 0 Å². The Morgan fingerprint density at radius 2 is 0.592 bits per heavy atom. The maximum Gasteiger partial charge on any atom is 0.249 e. The number of rotatable bonds is 58. The van der Waals surface area contributed by atoms with E-state index in [1.54, 1.807) is 0 Å². The molecule has 0 saturated carbocycles. The average molecular weight is 999 g/mol. The van der Waals surface area contributed by atoms with Crippen LogP contribution in [0.4, 0.5) is 0 Å². The molecule has 0 heterocycles. The van der Waals surface area contributed by atoms with Crippen LogP contribution in [0.25, 0.3) is 0 Å². The van der Waals surface area contributed by atoms with Crippen LogP contribution >= 0.6 is 0 Å². The summed E-state index contributed by atoms with van der Waals surface area (Å²) in [7, 11) is 0. The highest BCUT2D eigenvalue weighted by Gasteiger charge is 2.28. The molecule has 0 aliphatic heterocycles. The van der Waals surface area contributed by atoms with Crippen LogP contribution in [0.15, 0.2) is 48.6 Å².